The third kappa shape index (κ3) is 4.24. The topological polar surface area (TPSA) is 102 Å². The van der Waals surface area contributed by atoms with Gasteiger partial charge in [-0.25, -0.2) is 9.37 Å². The quantitative estimate of drug-likeness (QED) is 0.569. The Morgan fingerprint density at radius 3 is 2.75 bits per heavy atom. The first-order valence-corrected chi connectivity index (χ1v) is 12.1. The van der Waals surface area contributed by atoms with E-state index in [1.807, 2.05) is 4.57 Å². The Labute approximate surface area is 212 Å². The largest absolute Gasteiger partial charge is 0.366 e. The van der Waals surface area contributed by atoms with Gasteiger partial charge in [-0.15, -0.1) is 0 Å². The number of aromatic nitrogens is 2. The second-order valence-corrected chi connectivity index (χ2v) is 9.55. The Hall–Kier alpha value is -3.72. The number of carbonyl (C=O) groups excluding carboxylic acids is 3. The van der Waals surface area contributed by atoms with Crippen LogP contribution in [-0.4, -0.2) is 43.6 Å². The summed E-state index contributed by atoms with van der Waals surface area (Å²) >= 11 is 6.19. The highest BCUT2D eigenvalue weighted by Crippen LogP contribution is 2.40. The van der Waals surface area contributed by atoms with Gasteiger partial charge in [-0.2, -0.15) is 0 Å². The highest BCUT2D eigenvalue weighted by Gasteiger charge is 2.36. The molecule has 36 heavy (non-hydrogen) atoms. The molecule has 3 aromatic rings. The zero-order valence-electron chi connectivity index (χ0n) is 19.7. The standard InChI is InChI=1S/C26H25ClFN5O3/c1-15(34)31-8-9-32-23(12-30-24(32)14-31)26(36)33(13-16-4-2-3-5-18(16)25(29)35)22-7-6-19-20(22)10-17(27)11-21(19)28/h2-5,10-12,22H,6-9,13-14H2,1H3,(H2,29,35)/t22-/m1/s1. The first-order valence-electron chi connectivity index (χ1n) is 11.7. The third-order valence-corrected chi connectivity index (χ3v) is 7.23. The van der Waals surface area contributed by atoms with E-state index in [2.05, 4.69) is 4.98 Å². The van der Waals surface area contributed by atoms with E-state index in [4.69, 9.17) is 17.3 Å². The zero-order chi connectivity index (χ0) is 25.6. The van der Waals surface area contributed by atoms with E-state index in [-0.39, 0.29) is 23.4 Å². The van der Waals surface area contributed by atoms with Gasteiger partial charge in [-0.05, 0) is 47.7 Å². The second kappa shape index (κ2) is 9.39. The van der Waals surface area contributed by atoms with Gasteiger partial charge in [0.05, 0.1) is 18.8 Å². The average molecular weight is 510 g/mol. The van der Waals surface area contributed by atoms with Crippen LogP contribution in [0.4, 0.5) is 4.39 Å². The van der Waals surface area contributed by atoms with Gasteiger partial charge in [0, 0.05) is 37.1 Å². The van der Waals surface area contributed by atoms with E-state index in [0.717, 1.165) is 0 Å². The molecule has 0 fully saturated rings. The molecule has 0 spiro atoms. The molecular formula is C26H25ClFN5O3. The lowest BCUT2D eigenvalue weighted by atomic mass is 10.0. The molecule has 1 aliphatic heterocycles. The molecule has 0 saturated heterocycles. The monoisotopic (exact) mass is 509 g/mol. The third-order valence-electron chi connectivity index (χ3n) is 7.01. The van der Waals surface area contributed by atoms with Crippen LogP contribution in [0.2, 0.25) is 5.02 Å². The average Bonchev–Trinajstić information content (AvgIpc) is 3.46. The maximum Gasteiger partial charge on any atom is 0.272 e. The lowest BCUT2D eigenvalue weighted by Gasteiger charge is -2.32. The van der Waals surface area contributed by atoms with Crippen LogP contribution >= 0.6 is 11.6 Å². The second-order valence-electron chi connectivity index (χ2n) is 9.12. The summed E-state index contributed by atoms with van der Waals surface area (Å²) in [5.41, 5.74) is 8.09. The number of nitrogens with zero attached hydrogens (tertiary/aromatic N) is 4. The summed E-state index contributed by atoms with van der Waals surface area (Å²) in [7, 11) is 0. The van der Waals surface area contributed by atoms with Crippen molar-refractivity contribution in [2.75, 3.05) is 6.54 Å². The van der Waals surface area contributed by atoms with Gasteiger partial charge < -0.3 is 20.1 Å². The Balaban J connectivity index is 1.56. The molecule has 5 rings (SSSR count). The van der Waals surface area contributed by atoms with Crippen molar-refractivity contribution in [1.82, 2.24) is 19.4 Å². The number of rotatable bonds is 5. The Morgan fingerprint density at radius 1 is 1.22 bits per heavy atom. The van der Waals surface area contributed by atoms with Crippen molar-refractivity contribution in [2.24, 2.45) is 5.73 Å². The fraction of sp³-hybridized carbons (Fsp3) is 0.308. The molecule has 186 valence electrons. The zero-order valence-corrected chi connectivity index (χ0v) is 20.5. The molecule has 8 nitrogen and oxygen atoms in total. The smallest absolute Gasteiger partial charge is 0.272 e. The molecule has 0 saturated carbocycles. The highest BCUT2D eigenvalue weighted by atomic mass is 35.5. The van der Waals surface area contributed by atoms with Gasteiger partial charge in [0.1, 0.15) is 17.3 Å². The van der Waals surface area contributed by atoms with Gasteiger partial charge in [0.15, 0.2) is 0 Å². The SMILES string of the molecule is CC(=O)N1CCn2c(C(=O)N(Cc3ccccc3C(N)=O)[C@@H]3CCc4c(F)cc(Cl)cc43)cnc2C1. The van der Waals surface area contributed by atoms with Crippen LogP contribution in [0.15, 0.2) is 42.6 Å². The van der Waals surface area contributed by atoms with Crippen LogP contribution in [0.5, 0.6) is 0 Å². The lowest BCUT2D eigenvalue weighted by Crippen LogP contribution is -2.40. The molecule has 1 aliphatic carbocycles. The summed E-state index contributed by atoms with van der Waals surface area (Å²) in [5.74, 6) is -0.718. The maximum absolute atomic E-state index is 14.7. The van der Waals surface area contributed by atoms with Crippen LogP contribution in [0.3, 0.4) is 0 Å². The predicted octanol–water partition coefficient (Wildman–Crippen LogP) is 3.47. The van der Waals surface area contributed by atoms with Gasteiger partial charge in [0.25, 0.3) is 5.91 Å². The summed E-state index contributed by atoms with van der Waals surface area (Å²) in [6.45, 7) is 2.82. The van der Waals surface area contributed by atoms with E-state index in [9.17, 15) is 18.8 Å². The van der Waals surface area contributed by atoms with E-state index in [1.165, 1.54) is 19.2 Å². The molecule has 2 heterocycles. The lowest BCUT2D eigenvalue weighted by molar-refractivity contribution is -0.130. The Morgan fingerprint density at radius 2 is 2.00 bits per heavy atom. The minimum Gasteiger partial charge on any atom is -0.366 e. The summed E-state index contributed by atoms with van der Waals surface area (Å²) in [5, 5.41) is 0.258. The molecule has 2 N–H and O–H groups in total. The summed E-state index contributed by atoms with van der Waals surface area (Å²) < 4.78 is 16.5. The normalized spacial score (nSPS) is 16.4. The molecule has 2 aliphatic rings. The molecule has 10 heteroatoms. The van der Waals surface area contributed by atoms with Crippen molar-refractivity contribution in [2.45, 2.75) is 45.4 Å². The number of primary amides is 1. The highest BCUT2D eigenvalue weighted by molar-refractivity contribution is 6.30. The van der Waals surface area contributed by atoms with Crippen molar-refractivity contribution in [3.05, 3.63) is 87.2 Å². The fourth-order valence-corrected chi connectivity index (χ4v) is 5.41. The molecule has 1 atom stereocenters. The van der Waals surface area contributed by atoms with E-state index >= 15 is 0 Å². The number of halogens is 2. The number of imidazole rings is 1. The van der Waals surface area contributed by atoms with Crippen LogP contribution < -0.4 is 5.73 Å². The van der Waals surface area contributed by atoms with Crippen LogP contribution in [0.25, 0.3) is 0 Å². The first-order chi connectivity index (χ1) is 17.2. The molecular weight excluding hydrogens is 485 g/mol. The number of nitrogens with two attached hydrogens (primary N) is 1. The molecule has 0 unspecified atom stereocenters. The minimum absolute atomic E-state index is 0.0525. The molecule has 1 aromatic heterocycles. The number of hydrogen-bond acceptors (Lipinski definition) is 4. The molecule has 3 amide bonds. The molecule has 2 aromatic carbocycles. The van der Waals surface area contributed by atoms with E-state index in [1.54, 1.807) is 40.1 Å². The number of hydrogen-bond donors (Lipinski definition) is 1. The van der Waals surface area contributed by atoms with Crippen LogP contribution in [-0.2, 0) is 30.8 Å². The van der Waals surface area contributed by atoms with Crippen LogP contribution in [0, 0.1) is 5.82 Å². The summed E-state index contributed by atoms with van der Waals surface area (Å²) in [6.07, 6.45) is 2.49. The summed E-state index contributed by atoms with van der Waals surface area (Å²) in [4.78, 5) is 45.7. The van der Waals surface area contributed by atoms with Gasteiger partial charge in [-0.3, -0.25) is 14.4 Å². The Kier molecular flexibility index (Phi) is 6.26. The number of amides is 3. The van der Waals surface area contributed by atoms with Crippen molar-refractivity contribution >= 4 is 29.3 Å². The molecule has 0 radical (unpaired) electrons. The minimum atomic E-state index is -0.593. The van der Waals surface area contributed by atoms with Gasteiger partial charge in [0.2, 0.25) is 11.8 Å². The van der Waals surface area contributed by atoms with Crippen molar-refractivity contribution in [3.63, 3.8) is 0 Å². The first kappa shape index (κ1) is 24.0. The summed E-state index contributed by atoms with van der Waals surface area (Å²) in [6, 6.07) is 9.40. The number of carbonyl (C=O) groups is 3. The van der Waals surface area contributed by atoms with Gasteiger partial charge >= 0.3 is 0 Å². The maximum atomic E-state index is 14.7. The van der Waals surface area contributed by atoms with Gasteiger partial charge in [-0.1, -0.05) is 29.8 Å². The fourth-order valence-electron chi connectivity index (χ4n) is 5.20. The number of benzene rings is 2. The Bertz CT molecular complexity index is 1390. The predicted molar refractivity (Wildman–Crippen MR) is 131 cm³/mol. The van der Waals surface area contributed by atoms with E-state index < -0.39 is 17.8 Å². The van der Waals surface area contributed by atoms with Crippen LogP contribution in [0.1, 0.15) is 62.7 Å². The van der Waals surface area contributed by atoms with E-state index in [0.29, 0.717) is 66.2 Å². The number of fused-ring (bicyclic) bond motifs is 2. The van der Waals surface area contributed by atoms with Crippen molar-refractivity contribution in [1.29, 1.82) is 0 Å². The molecule has 0 bridgehead atoms. The van der Waals surface area contributed by atoms with Crippen molar-refractivity contribution < 1.29 is 18.8 Å². The van der Waals surface area contributed by atoms with Crippen molar-refractivity contribution in [3.8, 4) is 0 Å².